The minimum Gasteiger partial charge on any atom is -0.492 e. The van der Waals surface area contributed by atoms with E-state index in [2.05, 4.69) is 94.1 Å². The normalized spacial score (nSPS) is 11.9. The van der Waals surface area contributed by atoms with Crippen LogP contribution in [0.2, 0.25) is 0 Å². The topological polar surface area (TPSA) is 36.9 Å². The molecule has 4 rings (SSSR count). The summed E-state index contributed by atoms with van der Waals surface area (Å²) in [6.07, 6.45) is 25.8. The number of unbranched alkanes of at least 4 members (excludes halogenated alkanes) is 16. The second-order valence-corrected chi connectivity index (χ2v) is 14.4. The van der Waals surface area contributed by atoms with Crippen LogP contribution in [-0.4, -0.2) is 19.5 Å². The Labute approximate surface area is 316 Å². The monoisotopic (exact) mass is 709 g/mol. The molecular formula is C48H68O4. The van der Waals surface area contributed by atoms with Crippen LogP contribution in [0.4, 0.5) is 0 Å². The van der Waals surface area contributed by atoms with E-state index in [0.717, 1.165) is 95.1 Å². The highest BCUT2D eigenvalue weighted by atomic mass is 16.7. The Morgan fingerprint density at radius 1 is 0.519 bits per heavy atom. The fourth-order valence-electron chi connectivity index (χ4n) is 7.20. The van der Waals surface area contributed by atoms with Gasteiger partial charge in [0.1, 0.15) is 17.2 Å². The van der Waals surface area contributed by atoms with E-state index in [1.807, 2.05) is 0 Å². The van der Waals surface area contributed by atoms with Gasteiger partial charge in [-0.25, -0.2) is 0 Å². The summed E-state index contributed by atoms with van der Waals surface area (Å²) in [5, 5.41) is 4.47. The highest BCUT2D eigenvalue weighted by Gasteiger charge is 2.20. The molecule has 0 fully saturated rings. The van der Waals surface area contributed by atoms with E-state index in [4.69, 9.17) is 18.9 Å². The molecule has 0 bridgehead atoms. The zero-order chi connectivity index (χ0) is 36.6. The molecule has 1 unspecified atom stereocenters. The first-order valence-electron chi connectivity index (χ1n) is 21.0. The summed E-state index contributed by atoms with van der Waals surface area (Å²) in [6, 6.07) is 23.6. The molecule has 4 aromatic carbocycles. The maximum atomic E-state index is 6.84. The van der Waals surface area contributed by atoms with Gasteiger partial charge in [0.15, 0.2) is 0 Å². The molecular weight excluding hydrogens is 641 g/mol. The molecule has 0 aromatic heterocycles. The summed E-state index contributed by atoms with van der Waals surface area (Å²) >= 11 is 0. The van der Waals surface area contributed by atoms with Crippen molar-refractivity contribution in [3.8, 4) is 28.4 Å². The smallest absolute Gasteiger partial charge is 0.240 e. The molecule has 0 heterocycles. The molecule has 4 nitrogen and oxygen atoms in total. The SMILES string of the molecule is C=COC(CCCCC)Oc1ccc(-c2cccc3c(OCCCCCCCCCC)c4ccccc4c(OCCCCCCCCCC)c23)cc1. The zero-order valence-electron chi connectivity index (χ0n) is 32.9. The average molecular weight is 709 g/mol. The predicted octanol–water partition coefficient (Wildman–Crippen LogP) is 15.1. The lowest BCUT2D eigenvalue weighted by Crippen LogP contribution is -2.18. The van der Waals surface area contributed by atoms with Gasteiger partial charge in [-0.15, -0.1) is 0 Å². The van der Waals surface area contributed by atoms with E-state index in [1.54, 1.807) is 0 Å². The first-order valence-corrected chi connectivity index (χ1v) is 21.0. The first-order chi connectivity index (χ1) is 25.7. The van der Waals surface area contributed by atoms with Crippen LogP contribution in [0.5, 0.6) is 17.2 Å². The number of hydrogen-bond acceptors (Lipinski definition) is 4. The van der Waals surface area contributed by atoms with Gasteiger partial charge in [-0.1, -0.05) is 185 Å². The molecule has 0 aliphatic heterocycles. The fraction of sp³-hybridized carbons (Fsp3) is 0.542. The summed E-state index contributed by atoms with van der Waals surface area (Å²) in [4.78, 5) is 0. The largest absolute Gasteiger partial charge is 0.492 e. The van der Waals surface area contributed by atoms with Crippen molar-refractivity contribution in [1.82, 2.24) is 0 Å². The number of rotatable bonds is 29. The Balaban J connectivity index is 1.60. The lowest BCUT2D eigenvalue weighted by Gasteiger charge is -2.21. The second kappa shape index (κ2) is 24.6. The van der Waals surface area contributed by atoms with Crippen LogP contribution >= 0.6 is 0 Å². The van der Waals surface area contributed by atoms with Crippen molar-refractivity contribution >= 4 is 21.5 Å². The third-order valence-corrected chi connectivity index (χ3v) is 10.2. The van der Waals surface area contributed by atoms with Crippen LogP contribution in [0, 0.1) is 0 Å². The van der Waals surface area contributed by atoms with E-state index in [-0.39, 0.29) is 6.29 Å². The van der Waals surface area contributed by atoms with Crippen LogP contribution < -0.4 is 14.2 Å². The number of hydrogen-bond donors (Lipinski definition) is 0. The molecule has 284 valence electrons. The highest BCUT2D eigenvalue weighted by molar-refractivity contribution is 6.15. The van der Waals surface area contributed by atoms with Crippen molar-refractivity contribution < 1.29 is 18.9 Å². The van der Waals surface area contributed by atoms with Gasteiger partial charge < -0.3 is 18.9 Å². The van der Waals surface area contributed by atoms with Gasteiger partial charge in [-0.3, -0.25) is 0 Å². The Hall–Kier alpha value is -3.66. The van der Waals surface area contributed by atoms with Gasteiger partial charge in [0.2, 0.25) is 6.29 Å². The van der Waals surface area contributed by atoms with Crippen LogP contribution in [-0.2, 0) is 4.74 Å². The molecule has 4 aromatic rings. The maximum absolute atomic E-state index is 6.84. The van der Waals surface area contributed by atoms with E-state index in [1.165, 1.54) is 96.2 Å². The lowest BCUT2D eigenvalue weighted by atomic mass is 9.93. The minimum absolute atomic E-state index is 0.337. The van der Waals surface area contributed by atoms with Crippen LogP contribution in [0.1, 0.15) is 149 Å². The summed E-state index contributed by atoms with van der Waals surface area (Å²) in [5.74, 6) is 2.71. The third-order valence-electron chi connectivity index (χ3n) is 10.2. The number of ether oxygens (including phenoxy) is 4. The quantitative estimate of drug-likeness (QED) is 0.0243. The highest BCUT2D eigenvalue weighted by Crippen LogP contribution is 2.47. The van der Waals surface area contributed by atoms with Crippen molar-refractivity contribution in [3.05, 3.63) is 79.6 Å². The van der Waals surface area contributed by atoms with E-state index >= 15 is 0 Å². The molecule has 0 saturated carbocycles. The molecule has 0 N–H and O–H groups in total. The standard InChI is InChI=1S/C48H68O4/c1-5-9-12-14-16-18-20-25-37-50-47-42-28-23-24-29-43(42)48(51-38-26-21-19-17-15-13-10-6-2)46-41(30-27-31-44(46)47)39-33-35-40(36-34-39)52-45(49-8-4)32-22-11-7-3/h8,23-24,27-31,33-36,45H,4-7,9-22,25-26,32,37-38H2,1-3H3. The van der Waals surface area contributed by atoms with E-state index in [9.17, 15) is 0 Å². The summed E-state index contributed by atoms with van der Waals surface area (Å²) in [7, 11) is 0. The molecule has 0 radical (unpaired) electrons. The van der Waals surface area contributed by atoms with Crippen molar-refractivity contribution in [2.24, 2.45) is 0 Å². The Morgan fingerprint density at radius 3 is 1.60 bits per heavy atom. The zero-order valence-corrected chi connectivity index (χ0v) is 32.9. The number of benzene rings is 4. The molecule has 0 saturated heterocycles. The number of fused-ring (bicyclic) bond motifs is 2. The van der Waals surface area contributed by atoms with Crippen molar-refractivity contribution in [1.29, 1.82) is 0 Å². The van der Waals surface area contributed by atoms with Crippen molar-refractivity contribution in [2.45, 2.75) is 155 Å². The predicted molar refractivity (Wildman–Crippen MR) is 223 cm³/mol. The fourth-order valence-corrected chi connectivity index (χ4v) is 7.20. The Kier molecular flexibility index (Phi) is 19.4. The van der Waals surface area contributed by atoms with Gasteiger partial charge in [0, 0.05) is 28.0 Å². The third kappa shape index (κ3) is 13.1. The molecule has 0 spiro atoms. The summed E-state index contributed by atoms with van der Waals surface area (Å²) in [5.41, 5.74) is 2.26. The minimum atomic E-state index is -0.337. The van der Waals surface area contributed by atoms with Gasteiger partial charge in [0.25, 0.3) is 0 Å². The van der Waals surface area contributed by atoms with E-state index in [0.29, 0.717) is 6.61 Å². The molecule has 52 heavy (non-hydrogen) atoms. The Bertz CT molecular complexity index is 1560. The van der Waals surface area contributed by atoms with Crippen LogP contribution in [0.25, 0.3) is 32.7 Å². The van der Waals surface area contributed by atoms with Gasteiger partial charge >= 0.3 is 0 Å². The lowest BCUT2D eigenvalue weighted by molar-refractivity contribution is -0.0359. The maximum Gasteiger partial charge on any atom is 0.240 e. The molecule has 0 aliphatic rings. The van der Waals surface area contributed by atoms with E-state index < -0.39 is 0 Å². The molecule has 0 amide bonds. The van der Waals surface area contributed by atoms with Gasteiger partial charge in [0.05, 0.1) is 19.5 Å². The molecule has 1 atom stereocenters. The first kappa shape index (κ1) is 41.1. The summed E-state index contributed by atoms with van der Waals surface area (Å²) < 4.78 is 25.5. The van der Waals surface area contributed by atoms with Crippen molar-refractivity contribution in [3.63, 3.8) is 0 Å². The molecule has 4 heteroatoms. The van der Waals surface area contributed by atoms with Crippen molar-refractivity contribution in [2.75, 3.05) is 13.2 Å². The summed E-state index contributed by atoms with van der Waals surface area (Å²) in [6.45, 7) is 11.9. The Morgan fingerprint density at radius 2 is 1.02 bits per heavy atom. The van der Waals surface area contributed by atoms with Gasteiger partial charge in [-0.05, 0) is 42.5 Å². The van der Waals surface area contributed by atoms with Crippen LogP contribution in [0.15, 0.2) is 79.6 Å². The van der Waals surface area contributed by atoms with Gasteiger partial charge in [-0.2, -0.15) is 0 Å². The average Bonchev–Trinajstić information content (AvgIpc) is 3.17. The van der Waals surface area contributed by atoms with Crippen LogP contribution in [0.3, 0.4) is 0 Å². The molecule has 0 aliphatic carbocycles. The second-order valence-electron chi connectivity index (χ2n) is 14.4.